The van der Waals surface area contributed by atoms with Gasteiger partial charge in [-0.25, -0.2) is 9.37 Å². The van der Waals surface area contributed by atoms with Crippen molar-refractivity contribution >= 4 is 0 Å². The van der Waals surface area contributed by atoms with E-state index >= 15 is 0 Å². The van der Waals surface area contributed by atoms with Gasteiger partial charge >= 0.3 is 0 Å². The number of fused-ring (bicyclic) bond motifs is 1. The van der Waals surface area contributed by atoms with Crippen molar-refractivity contribution in [3.8, 4) is 0 Å². The molecule has 1 unspecified atom stereocenters. The topological polar surface area (TPSA) is 38.1 Å². The average Bonchev–Trinajstić information content (AvgIpc) is 2.84. The van der Waals surface area contributed by atoms with Gasteiger partial charge in [0, 0.05) is 37.4 Å². The molecule has 1 aliphatic heterocycles. The van der Waals surface area contributed by atoms with Crippen LogP contribution < -0.4 is 0 Å². The fourth-order valence-electron chi connectivity index (χ4n) is 2.65. The van der Waals surface area contributed by atoms with E-state index in [0.29, 0.717) is 12.3 Å². The number of aromatic nitrogens is 2. The van der Waals surface area contributed by atoms with Crippen LogP contribution >= 0.6 is 0 Å². The number of hydrogen-bond donors (Lipinski definition) is 1. The van der Waals surface area contributed by atoms with Crippen LogP contribution in [0, 0.1) is 11.7 Å². The highest BCUT2D eigenvalue weighted by molar-refractivity contribution is 5.22. The Morgan fingerprint density at radius 2 is 2.11 bits per heavy atom. The van der Waals surface area contributed by atoms with Crippen LogP contribution in [0.4, 0.5) is 4.39 Å². The Kier molecular flexibility index (Phi) is 3.34. The number of aryl methyl sites for hydroxylation is 1. The van der Waals surface area contributed by atoms with E-state index in [1.165, 1.54) is 17.8 Å². The van der Waals surface area contributed by atoms with E-state index in [1.54, 1.807) is 12.1 Å². The number of aliphatic hydroxyl groups excluding tert-OH is 1. The lowest BCUT2D eigenvalue weighted by Crippen LogP contribution is -2.24. The normalized spacial score (nSPS) is 18.3. The monoisotopic (exact) mass is 260 g/mol. The Bertz CT molecular complexity index is 562. The standard InChI is InChI=1S/C15H17FN2O/c16-13-4-1-11(2-5-13)7-15-17-8-14-6-3-12(10-19)9-18(14)15/h1-2,4-5,8,12,19H,3,6-7,9-10H2. The molecule has 100 valence electrons. The first-order valence-electron chi connectivity index (χ1n) is 6.65. The number of halogens is 1. The smallest absolute Gasteiger partial charge is 0.123 e. The lowest BCUT2D eigenvalue weighted by molar-refractivity contribution is 0.190. The number of benzene rings is 1. The summed E-state index contributed by atoms with van der Waals surface area (Å²) < 4.78 is 15.1. The van der Waals surface area contributed by atoms with Crippen LogP contribution in [0.15, 0.2) is 30.5 Å². The van der Waals surface area contributed by atoms with E-state index in [4.69, 9.17) is 0 Å². The zero-order valence-corrected chi connectivity index (χ0v) is 10.7. The first-order chi connectivity index (χ1) is 9.26. The van der Waals surface area contributed by atoms with E-state index in [9.17, 15) is 9.50 Å². The largest absolute Gasteiger partial charge is 0.396 e. The predicted octanol–water partition coefficient (Wildman–Crippen LogP) is 2.17. The second-order valence-corrected chi connectivity index (χ2v) is 5.17. The van der Waals surface area contributed by atoms with Gasteiger partial charge in [0.05, 0.1) is 0 Å². The van der Waals surface area contributed by atoms with Crippen molar-refractivity contribution in [1.82, 2.24) is 9.55 Å². The Labute approximate surface area is 111 Å². The van der Waals surface area contributed by atoms with Crippen molar-refractivity contribution < 1.29 is 9.50 Å². The number of imidazole rings is 1. The van der Waals surface area contributed by atoms with Crippen LogP contribution in [0.1, 0.15) is 23.5 Å². The molecule has 2 aromatic rings. The molecule has 0 radical (unpaired) electrons. The molecular formula is C15H17FN2O. The summed E-state index contributed by atoms with van der Waals surface area (Å²) in [5.41, 5.74) is 2.29. The van der Waals surface area contributed by atoms with Gasteiger partial charge in [0.15, 0.2) is 0 Å². The molecule has 0 fully saturated rings. The van der Waals surface area contributed by atoms with Crippen LogP contribution in [0.3, 0.4) is 0 Å². The van der Waals surface area contributed by atoms with Crippen molar-refractivity contribution in [2.75, 3.05) is 6.61 Å². The zero-order chi connectivity index (χ0) is 13.2. The van der Waals surface area contributed by atoms with Crippen LogP contribution in [0.2, 0.25) is 0 Å². The van der Waals surface area contributed by atoms with Crippen LogP contribution in [-0.4, -0.2) is 21.3 Å². The maximum absolute atomic E-state index is 12.9. The van der Waals surface area contributed by atoms with Crippen LogP contribution in [0.25, 0.3) is 0 Å². The Morgan fingerprint density at radius 1 is 1.32 bits per heavy atom. The molecule has 0 spiro atoms. The number of nitrogens with zero attached hydrogens (tertiary/aromatic N) is 2. The van der Waals surface area contributed by atoms with Gasteiger partial charge in [-0.2, -0.15) is 0 Å². The minimum atomic E-state index is -0.214. The molecule has 1 aromatic heterocycles. The fourth-order valence-corrected chi connectivity index (χ4v) is 2.65. The molecule has 1 N–H and O–H groups in total. The van der Waals surface area contributed by atoms with Gasteiger partial charge in [-0.1, -0.05) is 12.1 Å². The maximum Gasteiger partial charge on any atom is 0.123 e. The lowest BCUT2D eigenvalue weighted by Gasteiger charge is -2.23. The molecule has 1 aliphatic rings. The van der Waals surface area contributed by atoms with E-state index in [2.05, 4.69) is 9.55 Å². The van der Waals surface area contributed by atoms with Crippen molar-refractivity contribution in [2.45, 2.75) is 25.8 Å². The van der Waals surface area contributed by atoms with Crippen LogP contribution in [-0.2, 0) is 19.4 Å². The Hall–Kier alpha value is -1.68. The summed E-state index contributed by atoms with van der Waals surface area (Å²) in [5.74, 6) is 1.11. The van der Waals surface area contributed by atoms with Gasteiger partial charge in [-0.05, 0) is 30.5 Å². The summed E-state index contributed by atoms with van der Waals surface area (Å²) in [6.07, 6.45) is 4.63. The molecule has 0 amide bonds. The quantitative estimate of drug-likeness (QED) is 0.918. The molecule has 3 nitrogen and oxygen atoms in total. The molecule has 1 atom stereocenters. The third kappa shape index (κ3) is 2.54. The third-order valence-corrected chi connectivity index (χ3v) is 3.80. The molecule has 4 heteroatoms. The number of rotatable bonds is 3. The first kappa shape index (κ1) is 12.4. The molecule has 1 aromatic carbocycles. The van der Waals surface area contributed by atoms with Gasteiger partial charge in [0.2, 0.25) is 0 Å². The second kappa shape index (κ2) is 5.13. The molecule has 0 saturated carbocycles. The Balaban J connectivity index is 1.82. The van der Waals surface area contributed by atoms with E-state index in [-0.39, 0.29) is 12.4 Å². The summed E-state index contributed by atoms with van der Waals surface area (Å²) >= 11 is 0. The molecule has 0 aliphatic carbocycles. The highest BCUT2D eigenvalue weighted by atomic mass is 19.1. The summed E-state index contributed by atoms with van der Waals surface area (Å²) in [6, 6.07) is 6.55. The second-order valence-electron chi connectivity index (χ2n) is 5.17. The molecule has 0 bridgehead atoms. The van der Waals surface area contributed by atoms with Crippen molar-refractivity contribution in [3.63, 3.8) is 0 Å². The summed E-state index contributed by atoms with van der Waals surface area (Å²) in [4.78, 5) is 4.47. The zero-order valence-electron chi connectivity index (χ0n) is 10.7. The van der Waals surface area contributed by atoms with Gasteiger partial charge in [0.25, 0.3) is 0 Å². The third-order valence-electron chi connectivity index (χ3n) is 3.80. The minimum absolute atomic E-state index is 0.214. The SMILES string of the molecule is OCC1CCc2cnc(Cc3ccc(F)cc3)n2C1. The highest BCUT2D eigenvalue weighted by Crippen LogP contribution is 2.22. The Morgan fingerprint density at radius 3 is 2.84 bits per heavy atom. The van der Waals surface area contributed by atoms with Gasteiger partial charge in [-0.15, -0.1) is 0 Å². The highest BCUT2D eigenvalue weighted by Gasteiger charge is 2.20. The van der Waals surface area contributed by atoms with Crippen molar-refractivity contribution in [1.29, 1.82) is 0 Å². The van der Waals surface area contributed by atoms with E-state index < -0.39 is 0 Å². The summed E-state index contributed by atoms with van der Waals surface area (Å²) in [6.45, 7) is 1.07. The van der Waals surface area contributed by atoms with Crippen molar-refractivity contribution in [2.24, 2.45) is 5.92 Å². The minimum Gasteiger partial charge on any atom is -0.396 e. The molecular weight excluding hydrogens is 243 g/mol. The predicted molar refractivity (Wildman–Crippen MR) is 70.3 cm³/mol. The molecule has 19 heavy (non-hydrogen) atoms. The average molecular weight is 260 g/mol. The van der Waals surface area contributed by atoms with Crippen molar-refractivity contribution in [3.05, 3.63) is 53.4 Å². The molecule has 0 saturated heterocycles. The van der Waals surface area contributed by atoms with Gasteiger partial charge in [0.1, 0.15) is 11.6 Å². The maximum atomic E-state index is 12.9. The van der Waals surface area contributed by atoms with E-state index in [1.807, 2.05) is 6.20 Å². The van der Waals surface area contributed by atoms with Gasteiger partial charge in [-0.3, -0.25) is 0 Å². The number of hydrogen-bond acceptors (Lipinski definition) is 2. The van der Waals surface area contributed by atoms with Gasteiger partial charge < -0.3 is 9.67 Å². The van der Waals surface area contributed by atoms with Crippen LogP contribution in [0.5, 0.6) is 0 Å². The van der Waals surface area contributed by atoms with E-state index in [0.717, 1.165) is 30.8 Å². The first-order valence-corrected chi connectivity index (χ1v) is 6.65. The molecule has 2 heterocycles. The number of aliphatic hydroxyl groups is 1. The molecule has 3 rings (SSSR count). The fraction of sp³-hybridized carbons (Fsp3) is 0.400. The lowest BCUT2D eigenvalue weighted by atomic mass is 9.99. The summed E-state index contributed by atoms with van der Waals surface area (Å²) in [7, 11) is 0. The summed E-state index contributed by atoms with van der Waals surface area (Å²) in [5, 5.41) is 9.29.